The lowest BCUT2D eigenvalue weighted by atomic mass is 9.95. The van der Waals surface area contributed by atoms with Gasteiger partial charge in [-0.2, -0.15) is 0 Å². The Morgan fingerprint density at radius 2 is 1.54 bits per heavy atom. The number of unbranched alkanes of at least 4 members (excludes halogenated alkanes) is 1. The van der Waals surface area contributed by atoms with Crippen LogP contribution in [0.25, 0.3) is 22.2 Å². The minimum atomic E-state index is -0.599. The number of carbonyl (C=O) groups is 2. The van der Waals surface area contributed by atoms with Crippen molar-refractivity contribution in [3.63, 3.8) is 0 Å². The molecule has 0 bridgehead atoms. The normalized spacial score (nSPS) is 11.5. The Bertz CT molecular complexity index is 1430. The van der Waals surface area contributed by atoms with Crippen molar-refractivity contribution in [2.24, 2.45) is 0 Å². The third kappa shape index (κ3) is 5.74. The Morgan fingerprint density at radius 1 is 0.865 bits per heavy atom. The van der Waals surface area contributed by atoms with E-state index in [9.17, 15) is 9.59 Å². The second-order valence-electron chi connectivity index (χ2n) is 10.1. The van der Waals surface area contributed by atoms with Gasteiger partial charge in [0.1, 0.15) is 11.4 Å². The number of methoxy groups -OCH3 is 1. The van der Waals surface area contributed by atoms with Gasteiger partial charge >= 0.3 is 11.9 Å². The van der Waals surface area contributed by atoms with Crippen LogP contribution in [-0.2, 0) is 22.4 Å². The number of hydrogen-bond donors (Lipinski definition) is 0. The molecule has 0 aliphatic carbocycles. The molecule has 3 aromatic carbocycles. The summed E-state index contributed by atoms with van der Waals surface area (Å²) in [5, 5.41) is 0. The molecule has 0 spiro atoms. The molecule has 4 aromatic rings. The van der Waals surface area contributed by atoms with E-state index in [-0.39, 0.29) is 5.97 Å². The van der Waals surface area contributed by atoms with Crippen LogP contribution in [0.2, 0.25) is 0 Å². The first-order valence-corrected chi connectivity index (χ1v) is 12.7. The highest BCUT2D eigenvalue weighted by atomic mass is 16.6. The molecule has 1 aromatic heterocycles. The van der Waals surface area contributed by atoms with Crippen molar-refractivity contribution in [3.8, 4) is 11.1 Å². The van der Waals surface area contributed by atoms with Crippen LogP contribution in [0.1, 0.15) is 72.6 Å². The number of carbonyl (C=O) groups excluding carboxylic acids is 2. The number of nitrogens with zero attached hydrogens (tertiary/aromatic N) is 2. The monoisotopic (exact) mass is 498 g/mol. The third-order valence-corrected chi connectivity index (χ3v) is 6.19. The fourth-order valence-electron chi connectivity index (χ4n) is 4.52. The molecule has 6 heteroatoms. The van der Waals surface area contributed by atoms with E-state index in [2.05, 4.69) is 17.6 Å². The van der Waals surface area contributed by atoms with Crippen molar-refractivity contribution in [2.75, 3.05) is 7.11 Å². The number of imidazole rings is 1. The van der Waals surface area contributed by atoms with Crippen molar-refractivity contribution < 1.29 is 19.1 Å². The lowest BCUT2D eigenvalue weighted by molar-refractivity contribution is 0.00702. The molecule has 1 heterocycles. The van der Waals surface area contributed by atoms with Crippen LogP contribution in [-0.4, -0.2) is 34.2 Å². The Morgan fingerprint density at radius 3 is 2.24 bits per heavy atom. The summed E-state index contributed by atoms with van der Waals surface area (Å²) in [6, 6.07) is 21.1. The first kappa shape index (κ1) is 26.1. The second kappa shape index (κ2) is 11.0. The summed E-state index contributed by atoms with van der Waals surface area (Å²) in [4.78, 5) is 30.6. The van der Waals surface area contributed by atoms with Gasteiger partial charge in [0.15, 0.2) is 0 Å². The summed E-state index contributed by atoms with van der Waals surface area (Å²) in [6.45, 7) is 8.23. The number of aryl methyl sites for hydroxylation is 1. The molecule has 0 saturated carbocycles. The molecule has 0 fully saturated rings. The van der Waals surface area contributed by atoms with Crippen molar-refractivity contribution in [1.82, 2.24) is 9.55 Å². The maximum absolute atomic E-state index is 13.1. The van der Waals surface area contributed by atoms with Gasteiger partial charge in [-0.15, -0.1) is 0 Å². The van der Waals surface area contributed by atoms with Gasteiger partial charge in [0.2, 0.25) is 0 Å². The Balaban J connectivity index is 1.86. The fraction of sp³-hybridized carbons (Fsp3) is 0.323. The first-order valence-electron chi connectivity index (χ1n) is 12.7. The van der Waals surface area contributed by atoms with Crippen LogP contribution in [0.4, 0.5) is 0 Å². The molecule has 0 saturated heterocycles. The van der Waals surface area contributed by atoms with E-state index in [0.717, 1.165) is 52.8 Å². The SMILES string of the molecule is CCCCc1nc2cccc(C(=O)OC)c2n1Cc1ccccc1-c1ccccc1C(=O)OC(C)(C)C. The maximum Gasteiger partial charge on any atom is 0.340 e. The highest BCUT2D eigenvalue weighted by Crippen LogP contribution is 2.31. The summed E-state index contributed by atoms with van der Waals surface area (Å²) < 4.78 is 12.9. The van der Waals surface area contributed by atoms with Crippen LogP contribution in [0.15, 0.2) is 66.7 Å². The predicted molar refractivity (Wildman–Crippen MR) is 146 cm³/mol. The standard InChI is InChI=1S/C31H34N2O4/c1-6-7-19-27-32-26-18-12-17-25(29(34)36-5)28(26)33(27)20-21-13-8-9-14-22(21)23-15-10-11-16-24(23)30(35)37-31(2,3)4/h8-18H,6-7,19-20H2,1-5H3. The van der Waals surface area contributed by atoms with Gasteiger partial charge in [0.25, 0.3) is 0 Å². The van der Waals surface area contributed by atoms with E-state index >= 15 is 0 Å². The van der Waals surface area contributed by atoms with Gasteiger partial charge in [0, 0.05) is 13.0 Å². The molecule has 0 amide bonds. The molecular weight excluding hydrogens is 464 g/mol. The number of rotatable bonds is 8. The summed E-state index contributed by atoms with van der Waals surface area (Å²) in [6.07, 6.45) is 2.81. The minimum absolute atomic E-state index is 0.359. The van der Waals surface area contributed by atoms with Crippen LogP contribution < -0.4 is 0 Å². The zero-order chi connectivity index (χ0) is 26.6. The first-order chi connectivity index (χ1) is 17.7. The predicted octanol–water partition coefficient (Wildman–Crippen LogP) is 6.84. The Kier molecular flexibility index (Phi) is 7.77. The fourth-order valence-corrected chi connectivity index (χ4v) is 4.52. The average molecular weight is 499 g/mol. The molecule has 192 valence electrons. The van der Waals surface area contributed by atoms with E-state index in [1.54, 1.807) is 12.1 Å². The minimum Gasteiger partial charge on any atom is -0.465 e. The zero-order valence-corrected chi connectivity index (χ0v) is 22.2. The van der Waals surface area contributed by atoms with Gasteiger partial charge in [0.05, 0.1) is 29.3 Å². The molecule has 0 aliphatic heterocycles. The Labute approximate surface area is 218 Å². The largest absolute Gasteiger partial charge is 0.465 e. The lowest BCUT2D eigenvalue weighted by Crippen LogP contribution is -2.24. The molecule has 6 nitrogen and oxygen atoms in total. The van der Waals surface area contributed by atoms with Crippen molar-refractivity contribution in [2.45, 2.75) is 59.1 Å². The average Bonchev–Trinajstić information content (AvgIpc) is 3.23. The van der Waals surface area contributed by atoms with Crippen molar-refractivity contribution in [3.05, 3.63) is 89.2 Å². The summed E-state index contributed by atoms with van der Waals surface area (Å²) in [7, 11) is 1.39. The summed E-state index contributed by atoms with van der Waals surface area (Å²) in [5.74, 6) is 0.170. The molecule has 37 heavy (non-hydrogen) atoms. The molecule has 0 N–H and O–H groups in total. The third-order valence-electron chi connectivity index (χ3n) is 6.19. The van der Waals surface area contributed by atoms with E-state index in [1.165, 1.54) is 7.11 Å². The maximum atomic E-state index is 13.1. The van der Waals surface area contributed by atoms with Crippen molar-refractivity contribution in [1.29, 1.82) is 0 Å². The van der Waals surface area contributed by atoms with Gasteiger partial charge < -0.3 is 14.0 Å². The molecule has 0 radical (unpaired) electrons. The molecule has 0 atom stereocenters. The van der Waals surface area contributed by atoms with Gasteiger partial charge in [-0.3, -0.25) is 0 Å². The van der Waals surface area contributed by atoms with Crippen molar-refractivity contribution >= 4 is 23.0 Å². The van der Waals surface area contributed by atoms with E-state index in [1.807, 2.05) is 69.3 Å². The van der Waals surface area contributed by atoms with Crippen LogP contribution in [0.5, 0.6) is 0 Å². The quantitative estimate of drug-likeness (QED) is 0.249. The zero-order valence-electron chi connectivity index (χ0n) is 22.2. The summed E-state index contributed by atoms with van der Waals surface area (Å²) >= 11 is 0. The number of esters is 2. The molecule has 0 unspecified atom stereocenters. The summed E-state index contributed by atoms with van der Waals surface area (Å²) in [5.41, 5.74) is 4.68. The smallest absolute Gasteiger partial charge is 0.340 e. The van der Waals surface area contributed by atoms with E-state index in [0.29, 0.717) is 17.7 Å². The molecule has 4 rings (SSSR count). The second-order valence-corrected chi connectivity index (χ2v) is 10.1. The van der Waals surface area contributed by atoms with Gasteiger partial charge in [-0.05, 0) is 62.1 Å². The van der Waals surface area contributed by atoms with Crippen LogP contribution >= 0.6 is 0 Å². The number of fused-ring (bicyclic) bond motifs is 1. The lowest BCUT2D eigenvalue weighted by Gasteiger charge is -2.21. The number of para-hydroxylation sites is 1. The molecule has 0 aliphatic rings. The molecular formula is C31H34N2O4. The Hall–Kier alpha value is -3.93. The number of ether oxygens (including phenoxy) is 2. The number of benzene rings is 3. The number of aromatic nitrogens is 2. The van der Waals surface area contributed by atoms with Gasteiger partial charge in [-0.25, -0.2) is 14.6 Å². The highest BCUT2D eigenvalue weighted by Gasteiger charge is 2.23. The van der Waals surface area contributed by atoms with E-state index < -0.39 is 11.6 Å². The van der Waals surface area contributed by atoms with Crippen LogP contribution in [0.3, 0.4) is 0 Å². The highest BCUT2D eigenvalue weighted by molar-refractivity contribution is 6.02. The van der Waals surface area contributed by atoms with Gasteiger partial charge in [-0.1, -0.05) is 61.9 Å². The van der Waals surface area contributed by atoms with E-state index in [4.69, 9.17) is 14.5 Å². The van der Waals surface area contributed by atoms with Crippen LogP contribution in [0, 0.1) is 0 Å². The topological polar surface area (TPSA) is 70.4 Å². The number of hydrogen-bond acceptors (Lipinski definition) is 5.